The van der Waals surface area contributed by atoms with E-state index in [0.717, 1.165) is 11.3 Å². The zero-order valence-corrected chi connectivity index (χ0v) is 15.9. The third-order valence-corrected chi connectivity index (χ3v) is 4.89. The quantitative estimate of drug-likeness (QED) is 0.416. The lowest BCUT2D eigenvalue weighted by atomic mass is 9.92. The second kappa shape index (κ2) is 6.99. The van der Waals surface area contributed by atoms with E-state index in [4.69, 9.17) is 4.74 Å². The molecule has 0 radical (unpaired) electrons. The van der Waals surface area contributed by atoms with Crippen LogP contribution in [0.2, 0.25) is 0 Å². The van der Waals surface area contributed by atoms with Crippen LogP contribution in [-0.4, -0.2) is 42.1 Å². The van der Waals surface area contributed by atoms with Crippen LogP contribution in [0.25, 0.3) is 11.3 Å². The summed E-state index contributed by atoms with van der Waals surface area (Å²) in [6.45, 7) is 2.49. The summed E-state index contributed by atoms with van der Waals surface area (Å²) in [5.41, 5.74) is 2.59. The highest BCUT2D eigenvalue weighted by molar-refractivity contribution is 5.75. The Kier molecular flexibility index (Phi) is 4.16. The lowest BCUT2D eigenvalue weighted by molar-refractivity contribution is 0.340. The van der Waals surface area contributed by atoms with E-state index in [-0.39, 0.29) is 11.3 Å². The molecule has 2 aromatic carbocycles. The highest BCUT2D eigenvalue weighted by Crippen LogP contribution is 2.41. The van der Waals surface area contributed by atoms with Gasteiger partial charge in [0, 0.05) is 11.1 Å². The van der Waals surface area contributed by atoms with Gasteiger partial charge in [-0.2, -0.15) is 9.78 Å². The predicted molar refractivity (Wildman–Crippen MR) is 108 cm³/mol. The van der Waals surface area contributed by atoms with Crippen LogP contribution >= 0.6 is 0 Å². The van der Waals surface area contributed by atoms with Gasteiger partial charge in [0.1, 0.15) is 23.2 Å². The Bertz CT molecular complexity index is 1280. The summed E-state index contributed by atoms with van der Waals surface area (Å²) < 4.78 is 7.08. The van der Waals surface area contributed by atoms with Gasteiger partial charge in [-0.25, -0.2) is 5.10 Å². The molecule has 0 amide bonds. The first-order chi connectivity index (χ1) is 14.7. The van der Waals surface area contributed by atoms with Crippen molar-refractivity contribution in [1.29, 1.82) is 0 Å². The molecule has 2 aromatic heterocycles. The van der Waals surface area contributed by atoms with Gasteiger partial charge in [-0.15, -0.1) is 0 Å². The minimum Gasteiger partial charge on any atom is -0.508 e. The fourth-order valence-electron chi connectivity index (χ4n) is 3.64. The normalized spacial score (nSPS) is 14.5. The summed E-state index contributed by atoms with van der Waals surface area (Å²) in [5.74, 6) is 1.16. The van der Waals surface area contributed by atoms with Crippen LogP contribution in [0.3, 0.4) is 0 Å². The number of benzene rings is 2. The molecule has 3 N–H and O–H groups in total. The average molecular weight is 403 g/mol. The molecule has 0 unspecified atom stereocenters. The number of aromatic hydroxyl groups is 1. The van der Waals surface area contributed by atoms with Crippen molar-refractivity contribution in [3.05, 3.63) is 70.0 Å². The van der Waals surface area contributed by atoms with Crippen molar-refractivity contribution in [2.75, 3.05) is 11.9 Å². The Hall–Kier alpha value is -4.21. The molecule has 0 saturated heterocycles. The summed E-state index contributed by atoms with van der Waals surface area (Å²) >= 11 is 0. The molecule has 3 heterocycles. The molecule has 0 spiro atoms. The van der Waals surface area contributed by atoms with Crippen molar-refractivity contribution in [2.24, 2.45) is 0 Å². The van der Waals surface area contributed by atoms with Crippen LogP contribution in [0.4, 0.5) is 11.6 Å². The second-order valence-electron chi connectivity index (χ2n) is 6.72. The van der Waals surface area contributed by atoms with E-state index in [1.165, 1.54) is 0 Å². The third kappa shape index (κ3) is 2.85. The highest BCUT2D eigenvalue weighted by Gasteiger charge is 2.34. The maximum Gasteiger partial charge on any atom is 0.288 e. The fourth-order valence-corrected chi connectivity index (χ4v) is 3.64. The summed E-state index contributed by atoms with van der Waals surface area (Å²) in [5, 5.41) is 31.7. The standard InChI is InChI=1S/C20H17N7O3/c1-2-30-14-8-6-11(7-9-14)16-15-17(19(29)23-22-16)21-20-24-25-26-27(20)18(15)12-4-3-5-13(28)10-12/h3-10,18,28H,2H2,1H3,(H,23,29)(H,21,24,26)/t18-/m1/s1. The topological polar surface area (TPSA) is 131 Å². The first kappa shape index (κ1) is 17.9. The Morgan fingerprint density at radius 3 is 2.80 bits per heavy atom. The van der Waals surface area contributed by atoms with Gasteiger partial charge in [0.05, 0.1) is 12.3 Å². The summed E-state index contributed by atoms with van der Waals surface area (Å²) in [4.78, 5) is 12.6. The molecular weight excluding hydrogens is 386 g/mol. The lowest BCUT2D eigenvalue weighted by Gasteiger charge is -2.27. The number of H-pyrrole nitrogens is 1. The monoisotopic (exact) mass is 403 g/mol. The van der Waals surface area contributed by atoms with Gasteiger partial charge in [-0.05, 0) is 59.3 Å². The molecule has 10 nitrogen and oxygen atoms in total. The number of phenols is 1. The van der Waals surface area contributed by atoms with Crippen LogP contribution in [0.15, 0.2) is 53.3 Å². The van der Waals surface area contributed by atoms with Crippen molar-refractivity contribution < 1.29 is 9.84 Å². The van der Waals surface area contributed by atoms with Crippen LogP contribution < -0.4 is 15.6 Å². The SMILES string of the molecule is CCOc1ccc(-c2n[nH]c(=O)c3c2[C@@H](c2cccc(O)c2)n2nnnc2N3)cc1. The number of phenolic OH excluding ortho intramolecular Hbond substituents is 1. The number of aromatic nitrogens is 6. The predicted octanol–water partition coefficient (Wildman–Crippen LogP) is 2.22. The number of tetrazole rings is 1. The molecular formula is C20H17N7O3. The Balaban J connectivity index is 1.75. The van der Waals surface area contributed by atoms with E-state index in [0.29, 0.717) is 35.1 Å². The molecule has 0 bridgehead atoms. The van der Waals surface area contributed by atoms with Crippen LogP contribution in [0.1, 0.15) is 24.1 Å². The molecule has 1 aliphatic heterocycles. The van der Waals surface area contributed by atoms with Gasteiger partial charge in [-0.1, -0.05) is 17.2 Å². The Morgan fingerprint density at radius 1 is 1.20 bits per heavy atom. The zero-order chi connectivity index (χ0) is 20.7. The molecule has 10 heteroatoms. The average Bonchev–Trinajstić information content (AvgIpc) is 3.22. The van der Waals surface area contributed by atoms with Crippen molar-refractivity contribution in [2.45, 2.75) is 13.0 Å². The summed E-state index contributed by atoms with van der Waals surface area (Å²) in [6.07, 6.45) is 0. The van der Waals surface area contributed by atoms with E-state index >= 15 is 0 Å². The Labute approximate surface area is 170 Å². The minimum atomic E-state index is -0.560. The summed E-state index contributed by atoms with van der Waals surface area (Å²) in [7, 11) is 0. The largest absolute Gasteiger partial charge is 0.508 e. The number of nitrogens with zero attached hydrogens (tertiary/aromatic N) is 5. The van der Waals surface area contributed by atoms with Crippen LogP contribution in [0, 0.1) is 0 Å². The minimum absolute atomic E-state index is 0.0997. The molecule has 0 fully saturated rings. The zero-order valence-electron chi connectivity index (χ0n) is 15.9. The molecule has 0 saturated carbocycles. The first-order valence-corrected chi connectivity index (χ1v) is 9.35. The molecule has 4 aromatic rings. The van der Waals surface area contributed by atoms with Crippen LogP contribution in [-0.2, 0) is 0 Å². The summed E-state index contributed by atoms with van der Waals surface area (Å²) in [6, 6.07) is 13.7. The van der Waals surface area contributed by atoms with Gasteiger partial charge in [0.25, 0.3) is 5.56 Å². The number of aromatic amines is 1. The highest BCUT2D eigenvalue weighted by atomic mass is 16.5. The molecule has 1 atom stereocenters. The Morgan fingerprint density at radius 2 is 2.03 bits per heavy atom. The smallest absolute Gasteiger partial charge is 0.288 e. The van der Waals surface area contributed by atoms with E-state index in [2.05, 4.69) is 31.0 Å². The number of rotatable bonds is 4. The molecule has 1 aliphatic rings. The molecule has 0 aliphatic carbocycles. The van der Waals surface area contributed by atoms with Gasteiger partial charge in [0.15, 0.2) is 0 Å². The van der Waals surface area contributed by atoms with Crippen molar-refractivity contribution >= 4 is 11.6 Å². The van der Waals surface area contributed by atoms with Crippen molar-refractivity contribution in [3.8, 4) is 22.8 Å². The van der Waals surface area contributed by atoms with Crippen LogP contribution in [0.5, 0.6) is 11.5 Å². The first-order valence-electron chi connectivity index (χ1n) is 9.35. The number of hydrogen-bond donors (Lipinski definition) is 3. The third-order valence-electron chi connectivity index (χ3n) is 4.89. The number of anilines is 2. The van der Waals surface area contributed by atoms with Gasteiger partial charge in [0.2, 0.25) is 5.95 Å². The van der Waals surface area contributed by atoms with E-state index in [1.54, 1.807) is 22.9 Å². The number of nitrogens with one attached hydrogen (secondary N) is 2. The van der Waals surface area contributed by atoms with Gasteiger partial charge < -0.3 is 15.2 Å². The molecule has 30 heavy (non-hydrogen) atoms. The maximum absolute atomic E-state index is 12.6. The number of fused-ring (bicyclic) bond motifs is 2. The molecule has 5 rings (SSSR count). The second-order valence-corrected chi connectivity index (χ2v) is 6.72. The van der Waals surface area contributed by atoms with Crippen molar-refractivity contribution in [1.82, 2.24) is 30.4 Å². The number of hydrogen-bond acceptors (Lipinski definition) is 8. The van der Waals surface area contributed by atoms with Gasteiger partial charge in [-0.3, -0.25) is 4.79 Å². The van der Waals surface area contributed by atoms with Gasteiger partial charge >= 0.3 is 0 Å². The van der Waals surface area contributed by atoms with E-state index in [9.17, 15) is 9.90 Å². The molecule has 150 valence electrons. The maximum atomic E-state index is 12.6. The lowest BCUT2D eigenvalue weighted by Crippen LogP contribution is -2.29. The van der Waals surface area contributed by atoms with E-state index < -0.39 is 6.04 Å². The fraction of sp³-hybridized carbons (Fsp3) is 0.150. The van der Waals surface area contributed by atoms with E-state index in [1.807, 2.05) is 37.3 Å². The van der Waals surface area contributed by atoms with Crippen molar-refractivity contribution in [3.63, 3.8) is 0 Å². The number of ether oxygens (including phenoxy) is 1.